The molecule has 3 unspecified atom stereocenters. The van der Waals surface area contributed by atoms with Crippen LogP contribution < -0.4 is 0 Å². The smallest absolute Gasteiger partial charge is 0.162 e. The summed E-state index contributed by atoms with van der Waals surface area (Å²) in [5.74, 6) is 0.789. The minimum atomic E-state index is -0.405. The summed E-state index contributed by atoms with van der Waals surface area (Å²) in [5, 5.41) is 2.09. The van der Waals surface area contributed by atoms with Crippen molar-refractivity contribution >= 4 is 51.8 Å². The van der Waals surface area contributed by atoms with Crippen molar-refractivity contribution in [3.8, 4) is 0 Å². The Morgan fingerprint density at radius 1 is 0.432 bits per heavy atom. The van der Waals surface area contributed by atoms with Crippen LogP contribution in [0.1, 0.15) is 183 Å². The molecule has 0 N–H and O–H groups in total. The van der Waals surface area contributed by atoms with Gasteiger partial charge in [-0.25, -0.2) is 0 Å². The van der Waals surface area contributed by atoms with Gasteiger partial charge in [-0.1, -0.05) is 157 Å². The average molecular weight is 673 g/mol. The van der Waals surface area contributed by atoms with Gasteiger partial charge in [-0.3, -0.25) is 0 Å². The van der Waals surface area contributed by atoms with E-state index in [4.69, 9.17) is 50.9 Å². The first-order chi connectivity index (χ1) is 21.1. The van der Waals surface area contributed by atoms with Gasteiger partial charge in [0, 0.05) is 17.8 Å². The van der Waals surface area contributed by atoms with Crippen LogP contribution in [0.5, 0.6) is 0 Å². The first kappa shape index (κ1) is 43.7. The molecule has 3 atom stereocenters. The second-order valence-electron chi connectivity index (χ2n) is 14.0. The molecular formula is C38H72O3S3. The first-order valence-electron chi connectivity index (χ1n) is 18.6. The standard InChI is InChI=1S/C38H72O3S3/c1-8-11-14-17-20-23-26-32(4)35(42)39-29-38(7,30-40-36(43)33(5)27-24-21-18-15-12-9-2)31-41-37(44)34(6)28-25-22-19-16-13-10-3/h32-34H,8-31H2,1-7H3. The van der Waals surface area contributed by atoms with Crippen LogP contribution in [-0.4, -0.2) is 35.0 Å². The minimum absolute atomic E-state index is 0.263. The molecule has 6 heteroatoms. The molecule has 0 aromatic rings. The van der Waals surface area contributed by atoms with Gasteiger partial charge in [0.05, 0.1) is 5.41 Å². The molecule has 0 radical (unpaired) electrons. The topological polar surface area (TPSA) is 27.7 Å². The minimum Gasteiger partial charge on any atom is -0.486 e. The predicted molar refractivity (Wildman–Crippen MR) is 205 cm³/mol. The summed E-state index contributed by atoms with van der Waals surface area (Å²) >= 11 is 17.2. The van der Waals surface area contributed by atoms with Crippen molar-refractivity contribution in [2.24, 2.45) is 23.2 Å². The van der Waals surface area contributed by atoms with Crippen LogP contribution in [0.15, 0.2) is 0 Å². The zero-order valence-corrected chi connectivity index (χ0v) is 32.6. The lowest BCUT2D eigenvalue weighted by molar-refractivity contribution is 0.0314. The molecule has 0 rings (SSSR count). The fourth-order valence-corrected chi connectivity index (χ4v) is 5.86. The quantitative estimate of drug-likeness (QED) is 0.0557. The van der Waals surface area contributed by atoms with Gasteiger partial charge < -0.3 is 14.2 Å². The summed E-state index contributed by atoms with van der Waals surface area (Å²) in [6.45, 7) is 16.8. The summed E-state index contributed by atoms with van der Waals surface area (Å²) in [6.07, 6.45) is 26.5. The van der Waals surface area contributed by atoms with E-state index in [0.717, 1.165) is 19.3 Å². The Morgan fingerprint density at radius 2 is 0.659 bits per heavy atom. The van der Waals surface area contributed by atoms with E-state index in [0.29, 0.717) is 35.0 Å². The Morgan fingerprint density at radius 3 is 0.909 bits per heavy atom. The van der Waals surface area contributed by atoms with E-state index in [1.54, 1.807) is 0 Å². The lowest BCUT2D eigenvalue weighted by atomic mass is 9.93. The summed E-state index contributed by atoms with van der Waals surface area (Å²) in [6, 6.07) is 0. The molecule has 0 aliphatic rings. The Bertz CT molecular complexity index is 633. The highest BCUT2D eigenvalue weighted by molar-refractivity contribution is 7.80. The molecule has 0 heterocycles. The summed E-state index contributed by atoms with van der Waals surface area (Å²) < 4.78 is 18.8. The van der Waals surface area contributed by atoms with Crippen LogP contribution in [0.25, 0.3) is 0 Å². The lowest BCUT2D eigenvalue weighted by Gasteiger charge is -2.31. The molecule has 0 saturated heterocycles. The van der Waals surface area contributed by atoms with Crippen LogP contribution in [0.2, 0.25) is 0 Å². The van der Waals surface area contributed by atoms with E-state index in [2.05, 4.69) is 48.5 Å². The molecule has 0 fully saturated rings. The van der Waals surface area contributed by atoms with Crippen LogP contribution in [-0.2, 0) is 14.2 Å². The Kier molecular flexibility index (Phi) is 28.6. The van der Waals surface area contributed by atoms with Gasteiger partial charge in [-0.05, 0) is 62.8 Å². The molecule has 0 spiro atoms. The summed E-state index contributed by atoms with van der Waals surface area (Å²) in [5.41, 5.74) is -0.405. The van der Waals surface area contributed by atoms with Gasteiger partial charge in [-0.15, -0.1) is 0 Å². The van der Waals surface area contributed by atoms with Crippen LogP contribution in [0.3, 0.4) is 0 Å². The molecule has 0 bridgehead atoms. The van der Waals surface area contributed by atoms with Gasteiger partial charge in [0.15, 0.2) is 15.2 Å². The van der Waals surface area contributed by atoms with Gasteiger partial charge in [0.1, 0.15) is 19.8 Å². The van der Waals surface area contributed by atoms with E-state index in [1.165, 1.54) is 116 Å². The van der Waals surface area contributed by atoms with Gasteiger partial charge in [-0.2, -0.15) is 0 Å². The molecule has 0 saturated carbocycles. The summed E-state index contributed by atoms with van der Waals surface area (Å²) in [7, 11) is 0. The lowest BCUT2D eigenvalue weighted by Crippen LogP contribution is -2.38. The SMILES string of the molecule is CCCCCCCCC(C)C(=S)OCC(C)(COC(=S)C(C)CCCCCCCC)COC(=S)C(C)CCCCCCCC. The fraction of sp³-hybridized carbons (Fsp3) is 0.921. The fourth-order valence-electron chi connectivity index (χ4n) is 5.33. The maximum atomic E-state index is 6.26. The number of unbranched alkanes of at least 4 members (excludes halogenated alkanes) is 15. The Labute approximate surface area is 291 Å². The van der Waals surface area contributed by atoms with Crippen molar-refractivity contribution in [1.29, 1.82) is 0 Å². The zero-order chi connectivity index (χ0) is 33.1. The molecule has 44 heavy (non-hydrogen) atoms. The number of hydrogen-bond donors (Lipinski definition) is 0. The number of hydrogen-bond acceptors (Lipinski definition) is 6. The van der Waals surface area contributed by atoms with Crippen LogP contribution >= 0.6 is 36.7 Å². The third kappa shape index (κ3) is 23.9. The Hall–Kier alpha value is -0.330. The molecule has 0 aliphatic heterocycles. The van der Waals surface area contributed by atoms with E-state index in [1.807, 2.05) is 0 Å². The predicted octanol–water partition coefficient (Wildman–Crippen LogP) is 13.2. The first-order valence-corrected chi connectivity index (χ1v) is 19.8. The maximum Gasteiger partial charge on any atom is 0.162 e. The number of ether oxygens (including phenoxy) is 3. The highest BCUT2D eigenvalue weighted by Gasteiger charge is 2.31. The van der Waals surface area contributed by atoms with Crippen molar-refractivity contribution in [3.63, 3.8) is 0 Å². The van der Waals surface area contributed by atoms with Crippen molar-refractivity contribution in [2.75, 3.05) is 19.8 Å². The second-order valence-corrected chi connectivity index (χ2v) is 15.2. The van der Waals surface area contributed by atoms with Crippen LogP contribution in [0.4, 0.5) is 0 Å². The van der Waals surface area contributed by atoms with Gasteiger partial charge in [0.2, 0.25) is 0 Å². The Balaban J connectivity index is 4.94. The van der Waals surface area contributed by atoms with Crippen molar-refractivity contribution in [3.05, 3.63) is 0 Å². The maximum absolute atomic E-state index is 6.26. The second kappa shape index (κ2) is 28.9. The molecule has 0 aliphatic carbocycles. The average Bonchev–Trinajstić information content (AvgIpc) is 3.02. The van der Waals surface area contributed by atoms with E-state index < -0.39 is 5.41 Å². The van der Waals surface area contributed by atoms with E-state index in [-0.39, 0.29) is 17.8 Å². The third-order valence-corrected chi connectivity index (χ3v) is 10.4. The molecule has 0 aromatic heterocycles. The zero-order valence-electron chi connectivity index (χ0n) is 30.2. The molecule has 0 aromatic carbocycles. The van der Waals surface area contributed by atoms with Crippen molar-refractivity contribution < 1.29 is 14.2 Å². The van der Waals surface area contributed by atoms with Crippen molar-refractivity contribution in [2.45, 2.75) is 183 Å². The van der Waals surface area contributed by atoms with Crippen LogP contribution in [0, 0.1) is 23.2 Å². The molecule has 0 amide bonds. The summed E-state index contributed by atoms with van der Waals surface area (Å²) in [4.78, 5) is 0. The van der Waals surface area contributed by atoms with Crippen molar-refractivity contribution in [1.82, 2.24) is 0 Å². The van der Waals surface area contributed by atoms with Gasteiger partial charge in [0.25, 0.3) is 0 Å². The third-order valence-electron chi connectivity index (χ3n) is 8.87. The monoisotopic (exact) mass is 672 g/mol. The number of thiocarbonyl (C=S) groups is 3. The highest BCUT2D eigenvalue weighted by atomic mass is 32.1. The normalized spacial score (nSPS) is 14.8. The van der Waals surface area contributed by atoms with Gasteiger partial charge >= 0.3 is 0 Å². The molecular weight excluding hydrogens is 601 g/mol. The highest BCUT2D eigenvalue weighted by Crippen LogP contribution is 2.25. The largest absolute Gasteiger partial charge is 0.486 e. The van der Waals surface area contributed by atoms with E-state index >= 15 is 0 Å². The number of rotatable bonds is 30. The molecule has 3 nitrogen and oxygen atoms in total. The molecule has 260 valence electrons. The van der Waals surface area contributed by atoms with E-state index in [9.17, 15) is 0 Å².